The first kappa shape index (κ1) is 22.4. The zero-order chi connectivity index (χ0) is 22.8. The molecule has 7 nitrogen and oxygen atoms in total. The minimum atomic E-state index is -0.181. The largest absolute Gasteiger partial charge is 0.327 e. The minimum absolute atomic E-state index is 0.150. The summed E-state index contributed by atoms with van der Waals surface area (Å²) in [6.45, 7) is 5.91. The van der Waals surface area contributed by atoms with Crippen molar-refractivity contribution in [1.82, 2.24) is 19.3 Å². The fourth-order valence-corrected chi connectivity index (χ4v) is 5.14. The first-order chi connectivity index (χ1) is 15.4. The molecule has 2 aromatic heterocycles. The first-order valence-corrected chi connectivity index (χ1v) is 12.0. The van der Waals surface area contributed by atoms with Gasteiger partial charge in [0.1, 0.15) is 18.2 Å². The maximum Gasteiger partial charge on any atom is 0.235 e. The van der Waals surface area contributed by atoms with Crippen LogP contribution in [0.15, 0.2) is 29.7 Å². The molecule has 4 rings (SSSR count). The molecule has 9 heteroatoms. The zero-order valence-corrected chi connectivity index (χ0v) is 19.9. The molecule has 0 atom stereocenters. The van der Waals surface area contributed by atoms with Crippen LogP contribution in [0.25, 0.3) is 5.69 Å². The van der Waals surface area contributed by atoms with E-state index in [4.69, 9.17) is 11.6 Å². The highest BCUT2D eigenvalue weighted by Gasteiger charge is 2.26. The normalized spacial score (nSPS) is 14.0. The van der Waals surface area contributed by atoms with Gasteiger partial charge in [0.15, 0.2) is 5.16 Å². The van der Waals surface area contributed by atoms with E-state index in [0.717, 1.165) is 35.3 Å². The number of nitrogens with one attached hydrogen (secondary N) is 1. The molecule has 1 N–H and O–H groups in total. The number of nitriles is 1. The van der Waals surface area contributed by atoms with Crippen LogP contribution in [0.4, 0.5) is 5.82 Å². The van der Waals surface area contributed by atoms with E-state index in [2.05, 4.69) is 26.2 Å². The topological polar surface area (TPSA) is 88.5 Å². The number of carbonyl (C=O) groups excluding carboxylic acids is 1. The minimum Gasteiger partial charge on any atom is -0.327 e. The van der Waals surface area contributed by atoms with Crippen LogP contribution in [-0.2, 0) is 4.79 Å². The summed E-state index contributed by atoms with van der Waals surface area (Å²) in [4.78, 5) is 12.9. The third-order valence-electron chi connectivity index (χ3n) is 6.10. The van der Waals surface area contributed by atoms with Gasteiger partial charge < -0.3 is 9.88 Å². The van der Waals surface area contributed by atoms with Crippen LogP contribution < -0.4 is 5.32 Å². The maximum atomic E-state index is 12.9. The highest BCUT2D eigenvalue weighted by atomic mass is 35.5. The van der Waals surface area contributed by atoms with Crippen molar-refractivity contribution in [3.8, 4) is 11.8 Å². The zero-order valence-electron chi connectivity index (χ0n) is 18.4. The predicted molar refractivity (Wildman–Crippen MR) is 127 cm³/mol. The molecule has 0 radical (unpaired) electrons. The Hall–Kier alpha value is -2.76. The van der Waals surface area contributed by atoms with E-state index in [1.165, 1.54) is 24.6 Å². The second-order valence-electron chi connectivity index (χ2n) is 8.11. The van der Waals surface area contributed by atoms with Gasteiger partial charge in [0.25, 0.3) is 0 Å². The molecule has 32 heavy (non-hydrogen) atoms. The number of halogens is 1. The van der Waals surface area contributed by atoms with Gasteiger partial charge in [-0.15, -0.1) is 10.2 Å². The lowest BCUT2D eigenvalue weighted by atomic mass is 10.2. The van der Waals surface area contributed by atoms with E-state index in [9.17, 15) is 10.1 Å². The van der Waals surface area contributed by atoms with E-state index < -0.39 is 0 Å². The number of aryl methyl sites for hydroxylation is 1. The number of hydrogen-bond donors (Lipinski definition) is 1. The van der Waals surface area contributed by atoms with Crippen LogP contribution in [0.3, 0.4) is 0 Å². The molecule has 0 bridgehead atoms. The third kappa shape index (κ3) is 4.27. The number of aromatic nitrogens is 4. The molecular formula is C23H25ClN6OS. The molecule has 1 aromatic carbocycles. The Morgan fingerprint density at radius 1 is 1.31 bits per heavy atom. The first-order valence-electron chi connectivity index (χ1n) is 10.6. The van der Waals surface area contributed by atoms with Crippen molar-refractivity contribution in [3.63, 3.8) is 0 Å². The quantitative estimate of drug-likeness (QED) is 0.491. The lowest BCUT2D eigenvalue weighted by molar-refractivity contribution is -0.113. The van der Waals surface area contributed by atoms with Crippen LogP contribution in [0.1, 0.15) is 54.1 Å². The summed E-state index contributed by atoms with van der Waals surface area (Å²) in [5.74, 6) is 0.586. The van der Waals surface area contributed by atoms with Gasteiger partial charge in [-0.25, -0.2) is 0 Å². The van der Waals surface area contributed by atoms with Crippen LogP contribution in [0.2, 0.25) is 5.02 Å². The standard InChI is InChI=1S/C23H25ClN6OS/c1-14-8-9-18(10-20(14)24)29-13-26-28-23(29)32-12-21(31)27-22-19(11-25)15(2)16(3)30(22)17-6-4-5-7-17/h8-10,13,17H,4-7,12H2,1-3H3,(H,27,31). The molecule has 0 aliphatic heterocycles. The summed E-state index contributed by atoms with van der Waals surface area (Å²) in [5, 5.41) is 22.1. The van der Waals surface area contributed by atoms with Gasteiger partial charge in [0, 0.05) is 16.8 Å². The molecule has 0 unspecified atom stereocenters. The van der Waals surface area contributed by atoms with E-state index >= 15 is 0 Å². The van der Waals surface area contributed by atoms with Crippen molar-refractivity contribution < 1.29 is 4.79 Å². The Balaban J connectivity index is 1.52. The van der Waals surface area contributed by atoms with Crippen molar-refractivity contribution in [1.29, 1.82) is 5.26 Å². The number of benzene rings is 1. The fraction of sp³-hybridized carbons (Fsp3) is 0.391. The third-order valence-corrected chi connectivity index (χ3v) is 7.45. The van der Waals surface area contributed by atoms with Crippen molar-refractivity contribution in [2.45, 2.75) is 57.7 Å². The van der Waals surface area contributed by atoms with Crippen molar-refractivity contribution >= 4 is 35.1 Å². The fourth-order valence-electron chi connectivity index (χ4n) is 4.24. The Morgan fingerprint density at radius 2 is 2.06 bits per heavy atom. The number of thioether (sulfide) groups is 1. The van der Waals surface area contributed by atoms with Gasteiger partial charge in [-0.2, -0.15) is 5.26 Å². The summed E-state index contributed by atoms with van der Waals surface area (Å²) in [6, 6.07) is 8.33. The van der Waals surface area contributed by atoms with Gasteiger partial charge in [-0.1, -0.05) is 42.3 Å². The molecule has 3 aromatic rings. The SMILES string of the molecule is Cc1ccc(-n2cnnc2SCC(=O)Nc2c(C#N)c(C)c(C)n2C2CCCC2)cc1Cl. The van der Waals surface area contributed by atoms with Gasteiger partial charge in [-0.3, -0.25) is 9.36 Å². The number of amides is 1. The number of rotatable bonds is 6. The molecule has 1 amide bonds. The van der Waals surface area contributed by atoms with Crippen LogP contribution in [0.5, 0.6) is 0 Å². The van der Waals surface area contributed by atoms with Crippen molar-refractivity contribution in [2.75, 3.05) is 11.1 Å². The molecule has 2 heterocycles. The molecule has 166 valence electrons. The van der Waals surface area contributed by atoms with Crippen molar-refractivity contribution in [2.24, 2.45) is 0 Å². The summed E-state index contributed by atoms with van der Waals surface area (Å²) < 4.78 is 3.96. The van der Waals surface area contributed by atoms with Crippen molar-refractivity contribution in [3.05, 3.63) is 51.9 Å². The smallest absolute Gasteiger partial charge is 0.235 e. The van der Waals surface area contributed by atoms with E-state index in [1.807, 2.05) is 39.0 Å². The Labute approximate surface area is 196 Å². The molecule has 0 saturated heterocycles. The highest BCUT2D eigenvalue weighted by molar-refractivity contribution is 7.99. The molecular weight excluding hydrogens is 444 g/mol. The lowest BCUT2D eigenvalue weighted by Gasteiger charge is -2.19. The Kier molecular flexibility index (Phi) is 6.58. The van der Waals surface area contributed by atoms with E-state index in [-0.39, 0.29) is 11.7 Å². The monoisotopic (exact) mass is 468 g/mol. The van der Waals surface area contributed by atoms with Crippen LogP contribution >= 0.6 is 23.4 Å². The molecule has 1 aliphatic rings. The van der Waals surface area contributed by atoms with E-state index in [1.54, 1.807) is 10.9 Å². The summed E-state index contributed by atoms with van der Waals surface area (Å²) in [6.07, 6.45) is 6.09. The average Bonchev–Trinajstić information content (AvgIpc) is 3.50. The van der Waals surface area contributed by atoms with Gasteiger partial charge in [-0.05, 0) is 56.9 Å². The Bertz CT molecular complexity index is 1200. The second-order valence-corrected chi connectivity index (χ2v) is 9.46. The number of carbonyl (C=O) groups is 1. The molecule has 1 aliphatic carbocycles. The summed E-state index contributed by atoms with van der Waals surface area (Å²) in [5.41, 5.74) is 4.35. The van der Waals surface area contributed by atoms with Crippen LogP contribution in [0, 0.1) is 32.1 Å². The van der Waals surface area contributed by atoms with Gasteiger partial charge in [0.2, 0.25) is 5.91 Å². The van der Waals surface area contributed by atoms with Crippen LogP contribution in [-0.4, -0.2) is 31.0 Å². The number of nitrogens with zero attached hydrogens (tertiary/aromatic N) is 5. The molecule has 1 saturated carbocycles. The summed E-state index contributed by atoms with van der Waals surface area (Å²) >= 11 is 7.55. The second kappa shape index (κ2) is 9.39. The van der Waals surface area contributed by atoms with Gasteiger partial charge in [0.05, 0.1) is 17.0 Å². The van der Waals surface area contributed by atoms with Gasteiger partial charge >= 0.3 is 0 Å². The lowest BCUT2D eigenvalue weighted by Crippen LogP contribution is -2.20. The number of hydrogen-bond acceptors (Lipinski definition) is 5. The maximum absolute atomic E-state index is 12.9. The Morgan fingerprint density at radius 3 is 2.75 bits per heavy atom. The predicted octanol–water partition coefficient (Wildman–Crippen LogP) is 5.37. The number of anilines is 1. The average molecular weight is 469 g/mol. The highest BCUT2D eigenvalue weighted by Crippen LogP contribution is 2.37. The molecule has 1 fully saturated rings. The van der Waals surface area contributed by atoms with E-state index in [0.29, 0.717) is 27.6 Å². The molecule has 0 spiro atoms. The summed E-state index contributed by atoms with van der Waals surface area (Å²) in [7, 11) is 0.